The average Bonchev–Trinajstić information content (AvgIpc) is 3.12. The summed E-state index contributed by atoms with van der Waals surface area (Å²) in [4.78, 5) is 43.6. The molecule has 6 heteroatoms. The molecule has 0 spiro atoms. The summed E-state index contributed by atoms with van der Waals surface area (Å²) >= 11 is 3.50. The van der Waals surface area contributed by atoms with Crippen molar-refractivity contribution in [3.8, 4) is 0 Å². The minimum atomic E-state index is -0.627. The van der Waals surface area contributed by atoms with Gasteiger partial charge < -0.3 is 4.90 Å². The number of unbranched alkanes of at least 4 members (excludes halogenated alkanes) is 1. The van der Waals surface area contributed by atoms with Crippen molar-refractivity contribution in [2.45, 2.75) is 52.6 Å². The molecule has 2 amide bonds. The van der Waals surface area contributed by atoms with E-state index in [4.69, 9.17) is 0 Å². The summed E-state index contributed by atoms with van der Waals surface area (Å²) in [6.07, 6.45) is 5.70. The molecule has 3 heterocycles. The Morgan fingerprint density at radius 3 is 2.48 bits per heavy atom. The molecule has 1 aromatic rings. The summed E-state index contributed by atoms with van der Waals surface area (Å²) in [6, 6.07) is 5.03. The molecule has 0 unspecified atom stereocenters. The van der Waals surface area contributed by atoms with Gasteiger partial charge in [0.25, 0.3) is 0 Å². The third kappa shape index (κ3) is 3.07. The average molecular weight is 459 g/mol. The first-order valence-electron chi connectivity index (χ1n) is 10.3. The third-order valence-corrected chi connectivity index (χ3v) is 6.80. The number of rotatable bonds is 4. The number of hydrogen-bond acceptors (Lipinski definition) is 4. The quantitative estimate of drug-likeness (QED) is 0.638. The second-order valence-corrected chi connectivity index (χ2v) is 10.2. The fourth-order valence-corrected chi connectivity index (χ4v) is 5.26. The van der Waals surface area contributed by atoms with Crippen LogP contribution in [-0.2, 0) is 14.4 Å². The van der Waals surface area contributed by atoms with E-state index in [-0.39, 0.29) is 23.6 Å². The molecule has 4 rings (SSSR count). The highest BCUT2D eigenvalue weighted by atomic mass is 79.9. The normalized spacial score (nSPS) is 27.9. The van der Waals surface area contributed by atoms with E-state index >= 15 is 0 Å². The Morgan fingerprint density at radius 1 is 1.14 bits per heavy atom. The molecular weight excluding hydrogens is 432 g/mol. The van der Waals surface area contributed by atoms with Crippen LogP contribution in [0.2, 0.25) is 0 Å². The number of nitrogens with zero attached hydrogens (tertiary/aromatic N) is 2. The number of anilines is 1. The maximum atomic E-state index is 13.6. The number of halogens is 1. The number of benzene rings is 1. The Kier molecular flexibility index (Phi) is 4.96. The zero-order chi connectivity index (χ0) is 21.1. The van der Waals surface area contributed by atoms with Crippen LogP contribution in [-0.4, -0.2) is 41.1 Å². The van der Waals surface area contributed by atoms with Crippen molar-refractivity contribution in [2.24, 2.45) is 17.3 Å². The van der Waals surface area contributed by atoms with E-state index in [1.54, 1.807) is 0 Å². The fraction of sp³-hybridized carbons (Fsp3) is 0.522. The molecule has 3 aliphatic rings. The van der Waals surface area contributed by atoms with E-state index in [1.807, 2.05) is 62.9 Å². The Morgan fingerprint density at radius 2 is 1.83 bits per heavy atom. The largest absolute Gasteiger partial charge is 0.353 e. The van der Waals surface area contributed by atoms with Crippen LogP contribution < -0.4 is 4.90 Å². The summed E-state index contributed by atoms with van der Waals surface area (Å²) in [5.74, 6) is -1.41. The van der Waals surface area contributed by atoms with Gasteiger partial charge in [0.1, 0.15) is 6.04 Å². The molecule has 3 aliphatic heterocycles. The van der Waals surface area contributed by atoms with Gasteiger partial charge in [0.15, 0.2) is 5.78 Å². The molecule has 154 valence electrons. The van der Waals surface area contributed by atoms with Crippen LogP contribution in [0.5, 0.6) is 0 Å². The number of fused-ring (bicyclic) bond motifs is 5. The summed E-state index contributed by atoms with van der Waals surface area (Å²) in [6.45, 7) is 8.14. The first-order valence-corrected chi connectivity index (χ1v) is 11.1. The molecule has 0 radical (unpaired) electrons. The van der Waals surface area contributed by atoms with Crippen LogP contribution >= 0.6 is 15.9 Å². The van der Waals surface area contributed by atoms with Gasteiger partial charge in [-0.05, 0) is 30.2 Å². The van der Waals surface area contributed by atoms with Crippen LogP contribution in [0.15, 0.2) is 28.7 Å². The number of amides is 2. The lowest BCUT2D eigenvalue weighted by molar-refractivity contribution is -0.142. The molecule has 0 aromatic heterocycles. The highest BCUT2D eigenvalue weighted by Crippen LogP contribution is 2.50. The maximum Gasteiger partial charge on any atom is 0.235 e. The molecule has 2 fully saturated rings. The number of imide groups is 1. The zero-order valence-corrected chi connectivity index (χ0v) is 18.9. The summed E-state index contributed by atoms with van der Waals surface area (Å²) in [5.41, 5.74) is 1.30. The molecule has 4 atom stereocenters. The third-order valence-electron chi connectivity index (χ3n) is 6.30. The van der Waals surface area contributed by atoms with Crippen molar-refractivity contribution >= 4 is 45.3 Å². The molecule has 29 heavy (non-hydrogen) atoms. The van der Waals surface area contributed by atoms with E-state index in [0.29, 0.717) is 6.54 Å². The Balaban J connectivity index is 1.83. The minimum absolute atomic E-state index is 0.0117. The first-order chi connectivity index (χ1) is 13.7. The molecular formula is C23H27BrN2O3. The fourth-order valence-electron chi connectivity index (χ4n) is 4.89. The van der Waals surface area contributed by atoms with Crippen LogP contribution in [0, 0.1) is 17.3 Å². The van der Waals surface area contributed by atoms with Gasteiger partial charge in [0, 0.05) is 22.1 Å². The number of carbonyl (C=O) groups excluding carboxylic acids is 3. The lowest BCUT2D eigenvalue weighted by Gasteiger charge is -2.38. The lowest BCUT2D eigenvalue weighted by Crippen LogP contribution is -2.51. The second-order valence-electron chi connectivity index (χ2n) is 9.25. The molecule has 2 saturated heterocycles. The van der Waals surface area contributed by atoms with E-state index in [1.165, 1.54) is 4.90 Å². The van der Waals surface area contributed by atoms with Gasteiger partial charge in [-0.3, -0.25) is 19.3 Å². The van der Waals surface area contributed by atoms with Crippen LogP contribution in [0.25, 0.3) is 6.08 Å². The van der Waals surface area contributed by atoms with Crippen LogP contribution in [0.1, 0.15) is 46.1 Å². The first kappa shape index (κ1) is 20.3. The van der Waals surface area contributed by atoms with Gasteiger partial charge in [-0.25, -0.2) is 0 Å². The van der Waals surface area contributed by atoms with Crippen LogP contribution in [0.3, 0.4) is 0 Å². The Hall–Kier alpha value is -1.95. The van der Waals surface area contributed by atoms with E-state index < -0.39 is 23.3 Å². The Labute approximate surface area is 180 Å². The smallest absolute Gasteiger partial charge is 0.235 e. The zero-order valence-electron chi connectivity index (χ0n) is 17.3. The van der Waals surface area contributed by atoms with Crippen molar-refractivity contribution in [2.75, 3.05) is 11.4 Å². The van der Waals surface area contributed by atoms with Crippen molar-refractivity contribution in [1.82, 2.24) is 4.90 Å². The van der Waals surface area contributed by atoms with Crippen molar-refractivity contribution in [3.63, 3.8) is 0 Å². The van der Waals surface area contributed by atoms with E-state index in [0.717, 1.165) is 28.6 Å². The SMILES string of the molecule is CCCCN1C(=O)[C@@H]2[C@@H](C1=O)[C@@H]1C=Cc3cc(Br)ccc3N1[C@@H]2C(=O)C(C)(C)C. The molecule has 0 aliphatic carbocycles. The van der Waals surface area contributed by atoms with Gasteiger partial charge in [0.05, 0.1) is 17.9 Å². The predicted octanol–water partition coefficient (Wildman–Crippen LogP) is 4.05. The van der Waals surface area contributed by atoms with Crippen LogP contribution in [0.4, 0.5) is 5.69 Å². The molecule has 1 aromatic carbocycles. The second kappa shape index (κ2) is 7.08. The number of ketones is 1. The topological polar surface area (TPSA) is 57.7 Å². The molecule has 5 nitrogen and oxygen atoms in total. The standard InChI is InChI=1S/C23H27BrN2O3/c1-5-6-11-25-21(28)17-16-9-7-13-12-14(24)8-10-15(13)26(16)19(18(17)22(25)29)20(27)23(2,3)4/h7-10,12,16-19H,5-6,11H2,1-4H3/t16-,17-,18+,19-/m0/s1. The van der Waals surface area contributed by atoms with Crippen molar-refractivity contribution < 1.29 is 14.4 Å². The summed E-state index contributed by atoms with van der Waals surface area (Å²) < 4.78 is 0.954. The van der Waals surface area contributed by atoms with Gasteiger partial charge in [-0.1, -0.05) is 62.2 Å². The highest BCUT2D eigenvalue weighted by molar-refractivity contribution is 9.10. The lowest BCUT2D eigenvalue weighted by atomic mass is 9.79. The Bertz CT molecular complexity index is 917. The van der Waals surface area contributed by atoms with E-state index in [2.05, 4.69) is 15.9 Å². The monoisotopic (exact) mass is 458 g/mol. The molecule has 0 bridgehead atoms. The number of carbonyl (C=O) groups is 3. The number of hydrogen-bond donors (Lipinski definition) is 0. The number of Topliss-reactive ketones (excluding diaryl/α,β-unsaturated/α-hetero) is 1. The van der Waals surface area contributed by atoms with Crippen molar-refractivity contribution in [1.29, 1.82) is 0 Å². The maximum absolute atomic E-state index is 13.6. The van der Waals surface area contributed by atoms with Crippen molar-refractivity contribution in [3.05, 3.63) is 34.3 Å². The van der Waals surface area contributed by atoms with Gasteiger partial charge in [0.2, 0.25) is 11.8 Å². The van der Waals surface area contributed by atoms with Gasteiger partial charge >= 0.3 is 0 Å². The minimum Gasteiger partial charge on any atom is -0.353 e. The number of likely N-dealkylation sites (tertiary alicyclic amines) is 1. The molecule has 0 saturated carbocycles. The molecule has 0 N–H and O–H groups in total. The van der Waals surface area contributed by atoms with E-state index in [9.17, 15) is 14.4 Å². The summed E-state index contributed by atoms with van der Waals surface area (Å²) in [7, 11) is 0. The van der Waals surface area contributed by atoms with Gasteiger partial charge in [-0.15, -0.1) is 0 Å². The highest BCUT2D eigenvalue weighted by Gasteiger charge is 2.64. The van der Waals surface area contributed by atoms with Gasteiger partial charge in [-0.2, -0.15) is 0 Å². The summed E-state index contributed by atoms with van der Waals surface area (Å²) in [5, 5.41) is 0. The predicted molar refractivity (Wildman–Crippen MR) is 116 cm³/mol.